The predicted molar refractivity (Wildman–Crippen MR) is 99.2 cm³/mol. The van der Waals surface area contributed by atoms with Crippen LogP contribution in [0.25, 0.3) is 0 Å². The van der Waals surface area contributed by atoms with Gasteiger partial charge in [0.1, 0.15) is 5.82 Å². The number of nitrogens with zero attached hydrogens (tertiary/aromatic N) is 3. The summed E-state index contributed by atoms with van der Waals surface area (Å²) in [5.74, 6) is -0.175. The van der Waals surface area contributed by atoms with Crippen LogP contribution >= 0.6 is 0 Å². The van der Waals surface area contributed by atoms with Crippen LogP contribution in [0.4, 0.5) is 15.8 Å². The molecule has 27 heavy (non-hydrogen) atoms. The summed E-state index contributed by atoms with van der Waals surface area (Å²) in [6.07, 6.45) is 1.52. The second-order valence-corrected chi connectivity index (χ2v) is 7.12. The molecule has 1 saturated heterocycles. The first-order valence-corrected chi connectivity index (χ1v) is 9.05. The lowest BCUT2D eigenvalue weighted by molar-refractivity contribution is -0.384. The molecule has 0 spiro atoms. The fourth-order valence-corrected chi connectivity index (χ4v) is 3.81. The van der Waals surface area contributed by atoms with Crippen molar-refractivity contribution in [2.45, 2.75) is 18.3 Å². The van der Waals surface area contributed by atoms with Gasteiger partial charge in [0.05, 0.1) is 16.0 Å². The van der Waals surface area contributed by atoms with Crippen molar-refractivity contribution in [3.63, 3.8) is 0 Å². The lowest BCUT2D eigenvalue weighted by Gasteiger charge is -2.38. The molecule has 0 unspecified atom stereocenters. The molecule has 0 N–H and O–H groups in total. The average molecular weight is 369 g/mol. The summed E-state index contributed by atoms with van der Waals surface area (Å²) in [5, 5.41) is 10.8. The molecule has 4 rings (SSSR count). The van der Waals surface area contributed by atoms with Gasteiger partial charge in [-0.3, -0.25) is 14.9 Å². The highest BCUT2D eigenvalue weighted by Crippen LogP contribution is 2.50. The van der Waals surface area contributed by atoms with Gasteiger partial charge in [0.15, 0.2) is 0 Å². The topological polar surface area (TPSA) is 66.7 Å². The van der Waals surface area contributed by atoms with Crippen molar-refractivity contribution in [1.29, 1.82) is 0 Å². The Morgan fingerprint density at radius 3 is 2.19 bits per heavy atom. The van der Waals surface area contributed by atoms with Gasteiger partial charge in [-0.2, -0.15) is 0 Å². The van der Waals surface area contributed by atoms with Crippen LogP contribution in [-0.4, -0.2) is 41.9 Å². The van der Waals surface area contributed by atoms with E-state index in [1.54, 1.807) is 24.3 Å². The van der Waals surface area contributed by atoms with Gasteiger partial charge in [0, 0.05) is 38.3 Å². The third-order valence-corrected chi connectivity index (χ3v) is 5.55. The Labute approximate surface area is 156 Å². The number of piperazine rings is 1. The van der Waals surface area contributed by atoms with Crippen LogP contribution in [0.1, 0.15) is 18.4 Å². The van der Waals surface area contributed by atoms with E-state index >= 15 is 0 Å². The number of nitro groups is 1. The van der Waals surface area contributed by atoms with E-state index in [-0.39, 0.29) is 17.4 Å². The lowest BCUT2D eigenvalue weighted by Crippen LogP contribution is -2.51. The van der Waals surface area contributed by atoms with Crippen molar-refractivity contribution in [3.8, 4) is 0 Å². The number of amides is 1. The highest BCUT2D eigenvalue weighted by molar-refractivity contribution is 5.91. The molecule has 140 valence electrons. The minimum Gasteiger partial charge on any atom is -0.366 e. The minimum absolute atomic E-state index is 0.0282. The molecule has 1 aliphatic heterocycles. The van der Waals surface area contributed by atoms with Crippen molar-refractivity contribution >= 4 is 17.3 Å². The number of para-hydroxylation sites is 1. The number of non-ortho nitro benzene ring substituents is 1. The Hall–Kier alpha value is -2.96. The lowest BCUT2D eigenvalue weighted by atomic mass is 9.93. The average Bonchev–Trinajstić information content (AvgIpc) is 3.50. The number of halogens is 1. The maximum Gasteiger partial charge on any atom is 0.269 e. The maximum atomic E-state index is 14.0. The molecule has 1 amide bonds. The van der Waals surface area contributed by atoms with E-state index in [0.29, 0.717) is 31.9 Å². The van der Waals surface area contributed by atoms with E-state index in [4.69, 9.17) is 0 Å². The fourth-order valence-electron chi connectivity index (χ4n) is 3.81. The number of hydrogen-bond donors (Lipinski definition) is 0. The second-order valence-electron chi connectivity index (χ2n) is 7.12. The number of rotatable bonds is 4. The Balaban J connectivity index is 1.45. The number of carbonyl (C=O) groups excluding carboxylic acids is 1. The van der Waals surface area contributed by atoms with Crippen LogP contribution in [0.2, 0.25) is 0 Å². The van der Waals surface area contributed by atoms with E-state index in [9.17, 15) is 19.3 Å². The standard InChI is InChI=1S/C20H20FN3O3/c21-17-3-1-2-4-18(17)22-11-13-23(14-12-22)19(25)20(9-10-20)15-5-7-16(8-6-15)24(26)27/h1-8H,9-14H2. The summed E-state index contributed by atoms with van der Waals surface area (Å²) < 4.78 is 14.0. The SMILES string of the molecule is O=C(N1CCN(c2ccccc2F)CC1)C1(c2ccc([N+](=O)[O-])cc2)CC1. The highest BCUT2D eigenvalue weighted by atomic mass is 19.1. The molecule has 1 heterocycles. The van der Waals surface area contributed by atoms with Crippen LogP contribution in [-0.2, 0) is 10.2 Å². The predicted octanol–water partition coefficient (Wildman–Crippen LogP) is 3.11. The molecule has 0 radical (unpaired) electrons. The van der Waals surface area contributed by atoms with Crippen LogP contribution in [0.5, 0.6) is 0 Å². The van der Waals surface area contributed by atoms with E-state index < -0.39 is 10.3 Å². The Morgan fingerprint density at radius 2 is 1.63 bits per heavy atom. The molecule has 2 aromatic rings. The van der Waals surface area contributed by atoms with Gasteiger partial charge in [-0.15, -0.1) is 0 Å². The van der Waals surface area contributed by atoms with Gasteiger partial charge < -0.3 is 9.80 Å². The molecule has 2 fully saturated rings. The first-order chi connectivity index (χ1) is 13.0. The second kappa shape index (κ2) is 6.64. The molecular weight excluding hydrogens is 349 g/mol. The van der Waals surface area contributed by atoms with Crippen LogP contribution in [0.3, 0.4) is 0 Å². The third-order valence-electron chi connectivity index (χ3n) is 5.55. The third kappa shape index (κ3) is 3.13. The van der Waals surface area contributed by atoms with Gasteiger partial charge >= 0.3 is 0 Å². The molecule has 0 bridgehead atoms. The first kappa shape index (κ1) is 17.5. The molecule has 1 saturated carbocycles. The number of benzene rings is 2. The van der Waals surface area contributed by atoms with Crippen molar-refractivity contribution < 1.29 is 14.1 Å². The van der Waals surface area contributed by atoms with Crippen LogP contribution in [0, 0.1) is 15.9 Å². The molecule has 6 nitrogen and oxygen atoms in total. The van der Waals surface area contributed by atoms with Gasteiger partial charge in [-0.1, -0.05) is 24.3 Å². The number of carbonyl (C=O) groups is 1. The molecular formula is C20H20FN3O3. The number of nitro benzene ring substituents is 1. The van der Waals surface area contributed by atoms with E-state index in [2.05, 4.69) is 0 Å². The molecule has 0 aromatic heterocycles. The Morgan fingerprint density at radius 1 is 1.00 bits per heavy atom. The zero-order chi connectivity index (χ0) is 19.0. The molecule has 0 atom stereocenters. The summed E-state index contributed by atoms with van der Waals surface area (Å²) >= 11 is 0. The molecule has 2 aliphatic rings. The van der Waals surface area contributed by atoms with Gasteiger partial charge in [0.25, 0.3) is 5.69 Å². The minimum atomic E-state index is -0.546. The largest absolute Gasteiger partial charge is 0.366 e. The summed E-state index contributed by atoms with van der Waals surface area (Å²) in [4.78, 5) is 27.3. The zero-order valence-corrected chi connectivity index (χ0v) is 14.8. The summed E-state index contributed by atoms with van der Waals surface area (Å²) in [7, 11) is 0. The van der Waals surface area contributed by atoms with Gasteiger partial charge in [-0.05, 0) is 30.5 Å². The van der Waals surface area contributed by atoms with Crippen molar-refractivity contribution in [3.05, 3.63) is 70.0 Å². The summed E-state index contributed by atoms with van der Waals surface area (Å²) in [5.41, 5.74) is 0.895. The molecule has 2 aromatic carbocycles. The van der Waals surface area contributed by atoms with Crippen LogP contribution in [0.15, 0.2) is 48.5 Å². The fraction of sp³-hybridized carbons (Fsp3) is 0.350. The zero-order valence-electron chi connectivity index (χ0n) is 14.8. The maximum absolute atomic E-state index is 14.0. The van der Waals surface area contributed by atoms with E-state index in [1.807, 2.05) is 15.9 Å². The van der Waals surface area contributed by atoms with Crippen molar-refractivity contribution in [1.82, 2.24) is 4.90 Å². The van der Waals surface area contributed by atoms with Crippen molar-refractivity contribution in [2.24, 2.45) is 0 Å². The van der Waals surface area contributed by atoms with E-state index in [1.165, 1.54) is 18.2 Å². The van der Waals surface area contributed by atoms with Crippen molar-refractivity contribution in [2.75, 3.05) is 31.1 Å². The Kier molecular flexibility index (Phi) is 4.30. The number of hydrogen-bond acceptors (Lipinski definition) is 4. The molecule has 7 heteroatoms. The Bertz CT molecular complexity index is 872. The summed E-state index contributed by atoms with van der Waals surface area (Å²) in [6.45, 7) is 2.26. The normalized spacial score (nSPS) is 18.3. The quantitative estimate of drug-likeness (QED) is 0.613. The summed E-state index contributed by atoms with van der Waals surface area (Å²) in [6, 6.07) is 13.0. The van der Waals surface area contributed by atoms with E-state index in [0.717, 1.165) is 18.4 Å². The monoisotopic (exact) mass is 369 g/mol. The smallest absolute Gasteiger partial charge is 0.269 e. The highest BCUT2D eigenvalue weighted by Gasteiger charge is 2.53. The first-order valence-electron chi connectivity index (χ1n) is 9.05. The molecule has 1 aliphatic carbocycles. The number of anilines is 1. The van der Waals surface area contributed by atoms with Gasteiger partial charge in [0.2, 0.25) is 5.91 Å². The van der Waals surface area contributed by atoms with Crippen LogP contribution < -0.4 is 4.90 Å². The van der Waals surface area contributed by atoms with Gasteiger partial charge in [-0.25, -0.2) is 4.39 Å².